The first kappa shape index (κ1) is 16.7. The first-order valence-corrected chi connectivity index (χ1v) is 9.72. The molecule has 132 valence electrons. The molecule has 0 radical (unpaired) electrons. The van der Waals surface area contributed by atoms with Gasteiger partial charge < -0.3 is 9.80 Å². The molecule has 1 fully saturated rings. The van der Waals surface area contributed by atoms with E-state index in [-0.39, 0.29) is 0 Å². The number of fused-ring (bicyclic) bond motifs is 1. The fourth-order valence-electron chi connectivity index (χ4n) is 4.15. The highest BCUT2D eigenvalue weighted by atomic mass is 35.5. The Labute approximate surface area is 155 Å². The number of nitrogens with zero attached hydrogens (tertiary/aromatic N) is 3. The SMILES string of the molecule is CC(CN1CCN(c2ccccc2Cl)c2ccccc21)N1CCCC1. The van der Waals surface area contributed by atoms with Gasteiger partial charge in [0, 0.05) is 25.7 Å². The summed E-state index contributed by atoms with van der Waals surface area (Å²) in [5, 5.41) is 0.816. The van der Waals surface area contributed by atoms with Crippen LogP contribution in [-0.4, -0.2) is 43.7 Å². The standard InChI is InChI=1S/C21H26ClN3/c1-17(23-12-6-7-13-23)16-24-14-15-25(19-9-3-2-8-18(19)22)21-11-5-4-10-20(21)24/h2-5,8-11,17H,6-7,12-16H2,1H3. The Balaban J connectivity index is 1.60. The smallest absolute Gasteiger partial charge is 0.0649 e. The number of benzene rings is 2. The van der Waals surface area contributed by atoms with Crippen molar-refractivity contribution >= 4 is 28.7 Å². The van der Waals surface area contributed by atoms with E-state index in [2.05, 4.69) is 58.0 Å². The lowest BCUT2D eigenvalue weighted by molar-refractivity contribution is 0.260. The molecule has 4 heteroatoms. The fraction of sp³-hybridized carbons (Fsp3) is 0.429. The van der Waals surface area contributed by atoms with E-state index >= 15 is 0 Å². The molecule has 2 aromatic rings. The van der Waals surface area contributed by atoms with Gasteiger partial charge in [-0.1, -0.05) is 35.9 Å². The minimum Gasteiger partial charge on any atom is -0.367 e. The Hall–Kier alpha value is -1.71. The Morgan fingerprint density at radius 1 is 0.840 bits per heavy atom. The van der Waals surface area contributed by atoms with Gasteiger partial charge in [0.1, 0.15) is 0 Å². The zero-order chi connectivity index (χ0) is 17.2. The third-order valence-electron chi connectivity index (χ3n) is 5.50. The van der Waals surface area contributed by atoms with Gasteiger partial charge in [-0.25, -0.2) is 0 Å². The second-order valence-electron chi connectivity index (χ2n) is 7.13. The van der Waals surface area contributed by atoms with Gasteiger partial charge in [0.05, 0.1) is 22.1 Å². The second kappa shape index (κ2) is 7.27. The Morgan fingerprint density at radius 3 is 2.20 bits per heavy atom. The summed E-state index contributed by atoms with van der Waals surface area (Å²) in [5.41, 5.74) is 3.68. The minimum atomic E-state index is 0.599. The number of para-hydroxylation sites is 3. The van der Waals surface area contributed by atoms with Crippen molar-refractivity contribution in [1.29, 1.82) is 0 Å². The maximum atomic E-state index is 6.47. The zero-order valence-electron chi connectivity index (χ0n) is 14.9. The van der Waals surface area contributed by atoms with Crippen molar-refractivity contribution < 1.29 is 0 Å². The molecule has 1 unspecified atom stereocenters. The third kappa shape index (κ3) is 3.36. The summed E-state index contributed by atoms with van der Waals surface area (Å²) in [6.07, 6.45) is 2.70. The molecule has 2 heterocycles. The molecule has 0 saturated carbocycles. The number of hydrogen-bond acceptors (Lipinski definition) is 3. The molecule has 0 amide bonds. The molecule has 0 N–H and O–H groups in total. The zero-order valence-corrected chi connectivity index (χ0v) is 15.6. The largest absolute Gasteiger partial charge is 0.367 e. The molecule has 2 aliphatic heterocycles. The summed E-state index contributed by atoms with van der Waals surface area (Å²) >= 11 is 6.47. The predicted octanol–water partition coefficient (Wildman–Crippen LogP) is 4.78. The molecule has 1 saturated heterocycles. The molecule has 3 nitrogen and oxygen atoms in total. The van der Waals surface area contributed by atoms with Crippen LogP contribution in [0, 0.1) is 0 Å². The van der Waals surface area contributed by atoms with Crippen LogP contribution in [0.5, 0.6) is 0 Å². The van der Waals surface area contributed by atoms with Gasteiger partial charge in [-0.05, 0) is 57.1 Å². The summed E-state index contributed by atoms with van der Waals surface area (Å²) in [6.45, 7) is 7.96. The highest BCUT2D eigenvalue weighted by Gasteiger charge is 2.27. The van der Waals surface area contributed by atoms with E-state index in [0.29, 0.717) is 6.04 Å². The number of hydrogen-bond donors (Lipinski definition) is 0. The van der Waals surface area contributed by atoms with Crippen molar-refractivity contribution in [3.05, 3.63) is 53.6 Å². The summed E-state index contributed by atoms with van der Waals surface area (Å²) in [4.78, 5) is 7.53. The molecule has 0 aliphatic carbocycles. The van der Waals surface area contributed by atoms with Gasteiger partial charge in [-0.2, -0.15) is 0 Å². The van der Waals surface area contributed by atoms with Crippen molar-refractivity contribution in [3.8, 4) is 0 Å². The van der Waals surface area contributed by atoms with Gasteiger partial charge in [0.15, 0.2) is 0 Å². The topological polar surface area (TPSA) is 9.72 Å². The van der Waals surface area contributed by atoms with Crippen LogP contribution in [0.3, 0.4) is 0 Å². The monoisotopic (exact) mass is 355 g/mol. The molecule has 4 rings (SSSR count). The predicted molar refractivity (Wildman–Crippen MR) is 107 cm³/mol. The summed E-state index contributed by atoms with van der Waals surface area (Å²) in [5.74, 6) is 0. The minimum absolute atomic E-state index is 0.599. The molecule has 0 aromatic heterocycles. The van der Waals surface area contributed by atoms with E-state index < -0.39 is 0 Å². The normalized spacial score (nSPS) is 19.1. The van der Waals surface area contributed by atoms with Crippen molar-refractivity contribution in [1.82, 2.24) is 4.90 Å². The van der Waals surface area contributed by atoms with Crippen LogP contribution in [-0.2, 0) is 0 Å². The highest BCUT2D eigenvalue weighted by Crippen LogP contribution is 2.40. The Morgan fingerprint density at radius 2 is 1.48 bits per heavy atom. The number of rotatable bonds is 4. The van der Waals surface area contributed by atoms with E-state index in [9.17, 15) is 0 Å². The maximum Gasteiger partial charge on any atom is 0.0649 e. The highest BCUT2D eigenvalue weighted by molar-refractivity contribution is 6.33. The molecule has 0 spiro atoms. The van der Waals surface area contributed by atoms with E-state index in [4.69, 9.17) is 11.6 Å². The Bertz CT molecular complexity index is 727. The summed E-state index contributed by atoms with van der Waals surface area (Å²) in [7, 11) is 0. The fourth-order valence-corrected chi connectivity index (χ4v) is 4.39. The molecule has 2 aliphatic rings. The van der Waals surface area contributed by atoms with E-state index in [1.807, 2.05) is 12.1 Å². The molecule has 2 aromatic carbocycles. The lowest BCUT2D eigenvalue weighted by Crippen LogP contribution is -2.46. The van der Waals surface area contributed by atoms with Crippen molar-refractivity contribution in [2.75, 3.05) is 42.5 Å². The van der Waals surface area contributed by atoms with Gasteiger partial charge in [-0.3, -0.25) is 4.90 Å². The number of likely N-dealkylation sites (tertiary alicyclic amines) is 1. The number of anilines is 3. The van der Waals surface area contributed by atoms with Crippen molar-refractivity contribution in [3.63, 3.8) is 0 Å². The summed E-state index contributed by atoms with van der Waals surface area (Å²) < 4.78 is 0. The van der Waals surface area contributed by atoms with Gasteiger partial charge in [0.25, 0.3) is 0 Å². The third-order valence-corrected chi connectivity index (χ3v) is 5.82. The molecule has 0 bridgehead atoms. The van der Waals surface area contributed by atoms with Crippen LogP contribution in [0.15, 0.2) is 48.5 Å². The average Bonchev–Trinajstić information content (AvgIpc) is 3.18. The molecule has 1 atom stereocenters. The van der Waals surface area contributed by atoms with E-state index in [0.717, 1.165) is 30.3 Å². The van der Waals surface area contributed by atoms with Gasteiger partial charge >= 0.3 is 0 Å². The molecule has 25 heavy (non-hydrogen) atoms. The second-order valence-corrected chi connectivity index (χ2v) is 7.54. The lowest BCUT2D eigenvalue weighted by Gasteiger charge is -2.41. The maximum absolute atomic E-state index is 6.47. The van der Waals surface area contributed by atoms with Crippen LogP contribution in [0.25, 0.3) is 0 Å². The van der Waals surface area contributed by atoms with E-state index in [1.54, 1.807) is 0 Å². The molecular formula is C21H26ClN3. The van der Waals surface area contributed by atoms with Gasteiger partial charge in [0.2, 0.25) is 0 Å². The van der Waals surface area contributed by atoms with Crippen molar-refractivity contribution in [2.24, 2.45) is 0 Å². The van der Waals surface area contributed by atoms with E-state index in [1.165, 1.54) is 37.3 Å². The van der Waals surface area contributed by atoms with Crippen LogP contribution in [0.2, 0.25) is 5.02 Å². The average molecular weight is 356 g/mol. The van der Waals surface area contributed by atoms with Crippen LogP contribution < -0.4 is 9.80 Å². The van der Waals surface area contributed by atoms with Crippen LogP contribution in [0.4, 0.5) is 17.1 Å². The number of halogens is 1. The summed E-state index contributed by atoms with van der Waals surface area (Å²) in [6, 6.07) is 17.5. The molecular weight excluding hydrogens is 330 g/mol. The van der Waals surface area contributed by atoms with Crippen molar-refractivity contribution in [2.45, 2.75) is 25.8 Å². The van der Waals surface area contributed by atoms with Gasteiger partial charge in [-0.15, -0.1) is 0 Å². The van der Waals surface area contributed by atoms with Crippen LogP contribution >= 0.6 is 11.6 Å². The Kier molecular flexibility index (Phi) is 4.87. The first-order chi connectivity index (χ1) is 12.2. The first-order valence-electron chi connectivity index (χ1n) is 9.34. The quantitative estimate of drug-likeness (QED) is 0.781. The lowest BCUT2D eigenvalue weighted by atomic mass is 10.1. The van der Waals surface area contributed by atoms with Crippen LogP contribution in [0.1, 0.15) is 19.8 Å².